The molecule has 0 saturated carbocycles. The van der Waals surface area contributed by atoms with Crippen LogP contribution in [-0.4, -0.2) is 20.9 Å². The Morgan fingerprint density at radius 2 is 1.96 bits per heavy atom. The average molecular weight is 356 g/mol. The number of hydrogen-bond donors (Lipinski definition) is 2. The van der Waals surface area contributed by atoms with Crippen LogP contribution in [0.25, 0.3) is 0 Å². The summed E-state index contributed by atoms with van der Waals surface area (Å²) in [5.74, 6) is -0.522. The maximum Gasteiger partial charge on any atom is 0.250 e. The van der Waals surface area contributed by atoms with Crippen molar-refractivity contribution in [2.24, 2.45) is 0 Å². The van der Waals surface area contributed by atoms with Crippen LogP contribution in [0, 0.1) is 5.82 Å². The van der Waals surface area contributed by atoms with E-state index in [9.17, 15) is 17.6 Å². The first kappa shape index (κ1) is 17.6. The molecule has 8 heteroatoms. The standard InChI is InChI=1S/C15H17FN2O3S2/c1-11(19)17-10-13-6-7-15(22-13)23(20,21)18-9-8-12-4-2-3-5-14(12)16/h2-7,18H,8-10H2,1H3,(H,17,19). The first-order valence-corrected chi connectivity index (χ1v) is 9.24. The predicted octanol–water partition coefficient (Wildman–Crippen LogP) is 2.04. The molecule has 0 spiro atoms. The van der Waals surface area contributed by atoms with Gasteiger partial charge in [-0.25, -0.2) is 17.5 Å². The van der Waals surface area contributed by atoms with E-state index in [4.69, 9.17) is 0 Å². The molecule has 2 rings (SSSR count). The van der Waals surface area contributed by atoms with Crippen molar-refractivity contribution in [3.05, 3.63) is 52.7 Å². The van der Waals surface area contributed by atoms with E-state index in [2.05, 4.69) is 10.0 Å². The van der Waals surface area contributed by atoms with Gasteiger partial charge in [0.15, 0.2) is 0 Å². The summed E-state index contributed by atoms with van der Waals surface area (Å²) in [7, 11) is -3.63. The van der Waals surface area contributed by atoms with Crippen LogP contribution in [0.1, 0.15) is 17.4 Å². The van der Waals surface area contributed by atoms with Gasteiger partial charge in [-0.3, -0.25) is 4.79 Å². The van der Waals surface area contributed by atoms with E-state index >= 15 is 0 Å². The summed E-state index contributed by atoms with van der Waals surface area (Å²) < 4.78 is 40.5. The molecule has 0 radical (unpaired) electrons. The van der Waals surface area contributed by atoms with Crippen LogP contribution in [0.2, 0.25) is 0 Å². The maximum absolute atomic E-state index is 13.5. The number of nitrogens with one attached hydrogen (secondary N) is 2. The number of hydrogen-bond acceptors (Lipinski definition) is 4. The number of amides is 1. The molecule has 0 unspecified atom stereocenters. The fraction of sp³-hybridized carbons (Fsp3) is 0.267. The van der Waals surface area contributed by atoms with Gasteiger partial charge in [-0.15, -0.1) is 11.3 Å². The summed E-state index contributed by atoms with van der Waals surface area (Å²) >= 11 is 1.09. The van der Waals surface area contributed by atoms with Crippen LogP contribution < -0.4 is 10.0 Å². The lowest BCUT2D eigenvalue weighted by molar-refractivity contribution is -0.119. The number of rotatable bonds is 7. The van der Waals surface area contributed by atoms with Crippen LogP contribution in [0.15, 0.2) is 40.6 Å². The Morgan fingerprint density at radius 3 is 2.65 bits per heavy atom. The fourth-order valence-electron chi connectivity index (χ4n) is 1.90. The average Bonchev–Trinajstić information content (AvgIpc) is 2.97. The SMILES string of the molecule is CC(=O)NCc1ccc(S(=O)(=O)NCCc2ccccc2F)s1. The smallest absolute Gasteiger partial charge is 0.250 e. The Bertz CT molecular complexity index is 788. The summed E-state index contributed by atoms with van der Waals surface area (Å²) in [6.07, 6.45) is 0.274. The molecule has 5 nitrogen and oxygen atoms in total. The summed E-state index contributed by atoms with van der Waals surface area (Å²) in [6.45, 7) is 1.81. The highest BCUT2D eigenvalue weighted by atomic mass is 32.2. The second-order valence-corrected chi connectivity index (χ2v) is 8.03. The number of carbonyl (C=O) groups is 1. The molecule has 0 fully saturated rings. The zero-order valence-electron chi connectivity index (χ0n) is 12.5. The van der Waals surface area contributed by atoms with Crippen molar-refractivity contribution in [2.45, 2.75) is 24.1 Å². The van der Waals surface area contributed by atoms with E-state index in [1.165, 1.54) is 19.1 Å². The highest BCUT2D eigenvalue weighted by Gasteiger charge is 2.16. The van der Waals surface area contributed by atoms with Gasteiger partial charge < -0.3 is 5.32 Å². The Kier molecular flexibility index (Phi) is 5.86. The molecule has 0 aliphatic rings. The molecule has 2 N–H and O–H groups in total. The Labute approximate surface area is 138 Å². The van der Waals surface area contributed by atoms with Gasteiger partial charge in [0.2, 0.25) is 15.9 Å². The molecular weight excluding hydrogens is 339 g/mol. The second-order valence-electron chi connectivity index (χ2n) is 4.87. The number of halogens is 1. The van der Waals surface area contributed by atoms with Gasteiger partial charge in [0.1, 0.15) is 10.0 Å². The lowest BCUT2D eigenvalue weighted by atomic mass is 10.1. The van der Waals surface area contributed by atoms with Gasteiger partial charge >= 0.3 is 0 Å². The quantitative estimate of drug-likeness (QED) is 0.797. The summed E-state index contributed by atoms with van der Waals surface area (Å²) in [5, 5.41) is 2.61. The van der Waals surface area contributed by atoms with Crippen molar-refractivity contribution in [3.8, 4) is 0 Å². The Morgan fingerprint density at radius 1 is 1.22 bits per heavy atom. The van der Waals surface area contributed by atoms with E-state index < -0.39 is 10.0 Å². The van der Waals surface area contributed by atoms with Crippen molar-refractivity contribution in [1.82, 2.24) is 10.0 Å². The van der Waals surface area contributed by atoms with Crippen LogP contribution in [0.5, 0.6) is 0 Å². The highest BCUT2D eigenvalue weighted by molar-refractivity contribution is 7.91. The predicted molar refractivity (Wildman–Crippen MR) is 87.1 cm³/mol. The largest absolute Gasteiger partial charge is 0.351 e. The van der Waals surface area contributed by atoms with E-state index in [0.29, 0.717) is 12.1 Å². The van der Waals surface area contributed by atoms with Crippen LogP contribution in [-0.2, 0) is 27.8 Å². The zero-order chi connectivity index (χ0) is 16.9. The van der Waals surface area contributed by atoms with Crippen molar-refractivity contribution in [2.75, 3.05) is 6.54 Å². The molecule has 1 aromatic heterocycles. The highest BCUT2D eigenvalue weighted by Crippen LogP contribution is 2.21. The minimum Gasteiger partial charge on any atom is -0.351 e. The van der Waals surface area contributed by atoms with Crippen LogP contribution in [0.3, 0.4) is 0 Å². The summed E-state index contributed by atoms with van der Waals surface area (Å²) in [6, 6.07) is 9.42. The molecule has 23 heavy (non-hydrogen) atoms. The molecule has 0 bridgehead atoms. The molecule has 0 atom stereocenters. The van der Waals surface area contributed by atoms with Gasteiger partial charge in [-0.05, 0) is 30.2 Å². The molecule has 0 aliphatic heterocycles. The molecule has 2 aromatic rings. The van der Waals surface area contributed by atoms with Crippen molar-refractivity contribution in [3.63, 3.8) is 0 Å². The normalized spacial score (nSPS) is 11.4. The maximum atomic E-state index is 13.5. The Hall–Kier alpha value is -1.77. The fourth-order valence-corrected chi connectivity index (χ4v) is 4.27. The third kappa shape index (κ3) is 5.12. The van der Waals surface area contributed by atoms with Gasteiger partial charge in [0.05, 0.1) is 6.54 Å². The number of sulfonamides is 1. The third-order valence-corrected chi connectivity index (χ3v) is 6.10. The van der Waals surface area contributed by atoms with Crippen molar-refractivity contribution < 1.29 is 17.6 Å². The van der Waals surface area contributed by atoms with Crippen molar-refractivity contribution in [1.29, 1.82) is 0 Å². The number of thiophene rings is 1. The second kappa shape index (κ2) is 7.67. The van der Waals surface area contributed by atoms with E-state index in [0.717, 1.165) is 16.2 Å². The van der Waals surface area contributed by atoms with E-state index in [1.54, 1.807) is 24.3 Å². The van der Waals surface area contributed by atoms with Gasteiger partial charge in [-0.2, -0.15) is 0 Å². The first-order valence-electron chi connectivity index (χ1n) is 6.95. The molecule has 0 aliphatic carbocycles. The molecular formula is C15H17FN2O3S2. The first-order chi connectivity index (χ1) is 10.9. The molecule has 0 saturated heterocycles. The molecule has 124 valence electrons. The van der Waals surface area contributed by atoms with Gasteiger partial charge in [0.25, 0.3) is 0 Å². The minimum atomic E-state index is -3.63. The van der Waals surface area contributed by atoms with Crippen LogP contribution >= 0.6 is 11.3 Å². The zero-order valence-corrected chi connectivity index (χ0v) is 14.1. The van der Waals surface area contributed by atoms with Crippen molar-refractivity contribution >= 4 is 27.3 Å². The van der Waals surface area contributed by atoms with Gasteiger partial charge in [0, 0.05) is 18.3 Å². The van der Waals surface area contributed by atoms with Gasteiger partial charge in [-0.1, -0.05) is 18.2 Å². The summed E-state index contributed by atoms with van der Waals surface area (Å²) in [5.41, 5.74) is 0.465. The Balaban J connectivity index is 1.94. The lowest BCUT2D eigenvalue weighted by Crippen LogP contribution is -2.25. The topological polar surface area (TPSA) is 75.3 Å². The van der Waals surface area contributed by atoms with Crippen LogP contribution in [0.4, 0.5) is 4.39 Å². The van der Waals surface area contributed by atoms with E-state index in [1.807, 2.05) is 0 Å². The minimum absolute atomic E-state index is 0.113. The number of carbonyl (C=O) groups excluding carboxylic acids is 1. The lowest BCUT2D eigenvalue weighted by Gasteiger charge is -2.05. The third-order valence-electron chi connectivity index (χ3n) is 3.06. The van der Waals surface area contributed by atoms with E-state index in [-0.39, 0.29) is 28.9 Å². The monoisotopic (exact) mass is 356 g/mol. The molecule has 1 heterocycles. The number of benzene rings is 1. The molecule has 1 amide bonds. The summed E-state index contributed by atoms with van der Waals surface area (Å²) in [4.78, 5) is 11.6. The molecule has 1 aromatic carbocycles.